The van der Waals surface area contributed by atoms with E-state index in [-0.39, 0.29) is 0 Å². The smallest absolute Gasteiger partial charge is 0.0984 e. The van der Waals surface area contributed by atoms with Gasteiger partial charge in [0, 0.05) is 6.08 Å². The second kappa shape index (κ2) is 4.03. The van der Waals surface area contributed by atoms with Crippen molar-refractivity contribution in [3.05, 3.63) is 12.3 Å². The predicted octanol–water partition coefficient (Wildman–Crippen LogP) is 3.19. The Labute approximate surface area is 81.3 Å². The largest absolute Gasteiger partial charge is 0.193 e. The standard InChI is InChI=1S/C11H21N2/c1-11(2,3)8-5-6-10-7-9-13(4)12-10/h7,9-10H,5-6,8H2,1-4H3/q+1. The predicted molar refractivity (Wildman–Crippen MR) is 54.8 cm³/mol. The fraction of sp³-hybridized carbons (Fsp3) is 0.818. The minimum atomic E-state index is 0.437. The maximum Gasteiger partial charge on any atom is 0.193 e. The van der Waals surface area contributed by atoms with Crippen molar-refractivity contribution >= 4 is 0 Å². The number of hydrogen-bond acceptors (Lipinski definition) is 1. The van der Waals surface area contributed by atoms with Crippen LogP contribution in [0.2, 0.25) is 0 Å². The molecule has 0 saturated heterocycles. The SMILES string of the molecule is C[N+]1=NC(CCCC(C)(C)C)C=C1. The summed E-state index contributed by atoms with van der Waals surface area (Å²) in [6.07, 6.45) is 7.98. The quantitative estimate of drug-likeness (QED) is 0.594. The Morgan fingerprint density at radius 3 is 2.54 bits per heavy atom. The molecule has 0 aromatic carbocycles. The molecule has 2 nitrogen and oxygen atoms in total. The van der Waals surface area contributed by atoms with Crippen molar-refractivity contribution in [2.45, 2.75) is 46.1 Å². The molecule has 0 bridgehead atoms. The van der Waals surface area contributed by atoms with E-state index in [1.165, 1.54) is 19.3 Å². The van der Waals surface area contributed by atoms with Crippen LogP contribution >= 0.6 is 0 Å². The van der Waals surface area contributed by atoms with E-state index < -0.39 is 0 Å². The second-order valence-electron chi connectivity index (χ2n) is 5.05. The number of azo groups is 2. The molecule has 1 atom stereocenters. The first-order valence-electron chi connectivity index (χ1n) is 5.09. The molecule has 1 aliphatic rings. The molecule has 2 heteroatoms. The summed E-state index contributed by atoms with van der Waals surface area (Å²) in [5.74, 6) is 0. The zero-order valence-electron chi connectivity index (χ0n) is 9.25. The summed E-state index contributed by atoms with van der Waals surface area (Å²) in [6.45, 7) is 6.88. The molecule has 0 fully saturated rings. The van der Waals surface area contributed by atoms with Gasteiger partial charge in [0.1, 0.15) is 6.04 Å². The van der Waals surface area contributed by atoms with Gasteiger partial charge in [-0.25, -0.2) is 0 Å². The van der Waals surface area contributed by atoms with Gasteiger partial charge in [0.05, 0.1) is 0 Å². The summed E-state index contributed by atoms with van der Waals surface area (Å²) in [6, 6.07) is 0.437. The molecule has 0 N–H and O–H groups in total. The zero-order chi connectivity index (χ0) is 9.90. The number of nitrogens with zero attached hydrogens (tertiary/aromatic N) is 2. The van der Waals surface area contributed by atoms with E-state index in [4.69, 9.17) is 0 Å². The third kappa shape index (κ3) is 4.20. The van der Waals surface area contributed by atoms with Crippen molar-refractivity contribution in [3.8, 4) is 0 Å². The van der Waals surface area contributed by atoms with Crippen molar-refractivity contribution in [2.75, 3.05) is 7.05 Å². The van der Waals surface area contributed by atoms with Crippen LogP contribution in [0.5, 0.6) is 0 Å². The molecular formula is C11H21N2+. The highest BCUT2D eigenvalue weighted by Crippen LogP contribution is 2.23. The summed E-state index contributed by atoms with van der Waals surface area (Å²) in [5, 5.41) is 4.43. The third-order valence-electron chi connectivity index (χ3n) is 2.28. The maximum absolute atomic E-state index is 4.43. The fourth-order valence-electron chi connectivity index (χ4n) is 1.53. The lowest BCUT2D eigenvalue weighted by Crippen LogP contribution is -2.06. The van der Waals surface area contributed by atoms with Gasteiger partial charge in [0.15, 0.2) is 13.2 Å². The van der Waals surface area contributed by atoms with Gasteiger partial charge in [0.25, 0.3) is 0 Å². The Morgan fingerprint density at radius 2 is 2.08 bits per heavy atom. The zero-order valence-corrected chi connectivity index (χ0v) is 9.25. The van der Waals surface area contributed by atoms with Crippen LogP contribution in [0.4, 0.5) is 0 Å². The monoisotopic (exact) mass is 181 g/mol. The van der Waals surface area contributed by atoms with Crippen molar-refractivity contribution in [2.24, 2.45) is 10.5 Å². The molecule has 1 aliphatic heterocycles. The molecule has 0 amide bonds. The van der Waals surface area contributed by atoms with E-state index in [9.17, 15) is 0 Å². The van der Waals surface area contributed by atoms with E-state index in [1.807, 2.05) is 17.9 Å². The highest BCUT2D eigenvalue weighted by molar-refractivity contribution is 4.89. The molecule has 0 aromatic heterocycles. The molecule has 0 aliphatic carbocycles. The normalized spacial score (nSPS) is 22.2. The highest BCUT2D eigenvalue weighted by atomic mass is 15.3. The third-order valence-corrected chi connectivity index (χ3v) is 2.28. The molecule has 1 rings (SSSR count). The average Bonchev–Trinajstić information content (AvgIpc) is 2.33. The Bertz CT molecular complexity index is 221. The van der Waals surface area contributed by atoms with E-state index in [2.05, 4.69) is 32.0 Å². The molecule has 13 heavy (non-hydrogen) atoms. The van der Waals surface area contributed by atoms with E-state index in [0.717, 1.165) is 0 Å². The molecule has 1 unspecified atom stereocenters. The summed E-state index contributed by atoms with van der Waals surface area (Å²) in [7, 11) is 1.99. The highest BCUT2D eigenvalue weighted by Gasteiger charge is 2.16. The van der Waals surface area contributed by atoms with Crippen molar-refractivity contribution in [1.82, 2.24) is 0 Å². The van der Waals surface area contributed by atoms with Crippen molar-refractivity contribution < 1.29 is 4.70 Å². The lowest BCUT2D eigenvalue weighted by atomic mass is 9.89. The molecule has 0 aromatic rings. The van der Waals surface area contributed by atoms with Crippen LogP contribution in [-0.2, 0) is 0 Å². The van der Waals surface area contributed by atoms with Gasteiger partial charge in [-0.1, -0.05) is 31.9 Å². The van der Waals surface area contributed by atoms with E-state index in [1.54, 1.807) is 0 Å². The van der Waals surface area contributed by atoms with Gasteiger partial charge in [0.2, 0.25) is 0 Å². The Kier molecular flexibility index (Phi) is 3.23. The Morgan fingerprint density at radius 1 is 1.38 bits per heavy atom. The Balaban J connectivity index is 2.18. The topological polar surface area (TPSA) is 15.4 Å². The summed E-state index contributed by atoms with van der Waals surface area (Å²) >= 11 is 0. The lowest BCUT2D eigenvalue weighted by molar-refractivity contribution is -0.493. The van der Waals surface area contributed by atoms with Gasteiger partial charge in [-0.3, -0.25) is 0 Å². The van der Waals surface area contributed by atoms with Crippen LogP contribution in [0.3, 0.4) is 0 Å². The molecule has 1 heterocycles. The molecule has 0 saturated carbocycles. The summed E-state index contributed by atoms with van der Waals surface area (Å²) < 4.78 is 1.90. The summed E-state index contributed by atoms with van der Waals surface area (Å²) in [4.78, 5) is 0. The number of rotatable bonds is 3. The second-order valence-corrected chi connectivity index (χ2v) is 5.05. The maximum atomic E-state index is 4.43. The first-order chi connectivity index (χ1) is 5.97. The minimum absolute atomic E-state index is 0.437. The van der Waals surface area contributed by atoms with E-state index >= 15 is 0 Å². The fourth-order valence-corrected chi connectivity index (χ4v) is 1.53. The molecular weight excluding hydrogens is 160 g/mol. The summed E-state index contributed by atoms with van der Waals surface area (Å²) in [5.41, 5.74) is 0.466. The van der Waals surface area contributed by atoms with Crippen LogP contribution in [0.15, 0.2) is 17.4 Å². The van der Waals surface area contributed by atoms with Gasteiger partial charge in [-0.15, -0.1) is 0 Å². The van der Waals surface area contributed by atoms with Crippen LogP contribution in [0.1, 0.15) is 40.0 Å². The molecule has 0 radical (unpaired) electrons. The molecule has 74 valence electrons. The van der Waals surface area contributed by atoms with Crippen molar-refractivity contribution in [3.63, 3.8) is 0 Å². The average molecular weight is 181 g/mol. The lowest BCUT2D eigenvalue weighted by Gasteiger charge is -2.17. The van der Waals surface area contributed by atoms with Gasteiger partial charge >= 0.3 is 0 Å². The van der Waals surface area contributed by atoms with Gasteiger partial charge in [-0.2, -0.15) is 0 Å². The van der Waals surface area contributed by atoms with Gasteiger partial charge < -0.3 is 0 Å². The number of hydrogen-bond donors (Lipinski definition) is 0. The molecule has 0 spiro atoms. The van der Waals surface area contributed by atoms with Crippen LogP contribution in [-0.4, -0.2) is 17.8 Å². The van der Waals surface area contributed by atoms with E-state index in [0.29, 0.717) is 11.5 Å². The minimum Gasteiger partial charge on any atom is -0.0984 e. The van der Waals surface area contributed by atoms with Crippen molar-refractivity contribution in [1.29, 1.82) is 0 Å². The first-order valence-corrected chi connectivity index (χ1v) is 5.09. The van der Waals surface area contributed by atoms with Crippen LogP contribution in [0, 0.1) is 5.41 Å². The van der Waals surface area contributed by atoms with Crippen LogP contribution < -0.4 is 0 Å². The van der Waals surface area contributed by atoms with Gasteiger partial charge in [-0.05, 0) is 23.4 Å². The first kappa shape index (κ1) is 10.4. The Hall–Kier alpha value is -0.660. The van der Waals surface area contributed by atoms with Crippen LogP contribution in [0.25, 0.3) is 0 Å².